The molecule has 3 aromatic rings. The second kappa shape index (κ2) is 9.75. The Morgan fingerprint density at radius 2 is 1.78 bits per heavy atom. The topological polar surface area (TPSA) is 91.5 Å². The molecule has 1 aromatic heterocycles. The predicted octanol–water partition coefficient (Wildman–Crippen LogP) is 4.71. The van der Waals surface area contributed by atoms with Crippen LogP contribution >= 0.6 is 0 Å². The van der Waals surface area contributed by atoms with Gasteiger partial charge in [-0.1, -0.05) is 13.0 Å². The molecule has 4 N–H and O–H groups in total. The predicted molar refractivity (Wildman–Crippen MR) is 131 cm³/mol. The van der Waals surface area contributed by atoms with Crippen LogP contribution in [0.3, 0.4) is 0 Å². The summed E-state index contributed by atoms with van der Waals surface area (Å²) in [5, 5.41) is 13.0. The summed E-state index contributed by atoms with van der Waals surface area (Å²) in [4.78, 5) is 19.6. The smallest absolute Gasteiger partial charge is 0.258 e. The highest BCUT2D eigenvalue weighted by Crippen LogP contribution is 2.42. The summed E-state index contributed by atoms with van der Waals surface area (Å²) in [5.41, 5.74) is 6.04. The summed E-state index contributed by atoms with van der Waals surface area (Å²) in [5.74, 6) is -5.57. The summed E-state index contributed by atoms with van der Waals surface area (Å²) < 4.78 is 58.7. The van der Waals surface area contributed by atoms with Crippen LogP contribution in [0.4, 0.5) is 28.9 Å². The number of aliphatic hydroxyl groups excluding tert-OH is 1. The van der Waals surface area contributed by atoms with Gasteiger partial charge in [-0.05, 0) is 49.4 Å². The van der Waals surface area contributed by atoms with Gasteiger partial charge in [0.25, 0.3) is 5.91 Å². The Labute approximate surface area is 211 Å². The lowest BCUT2D eigenvalue weighted by atomic mass is 9.95. The van der Waals surface area contributed by atoms with Crippen LogP contribution in [0, 0.1) is 29.2 Å². The Morgan fingerprint density at radius 1 is 1.08 bits per heavy atom. The monoisotopic (exact) mass is 514 g/mol. The quantitative estimate of drug-likeness (QED) is 0.439. The van der Waals surface area contributed by atoms with Crippen molar-refractivity contribution in [2.45, 2.75) is 38.3 Å². The van der Waals surface area contributed by atoms with E-state index in [-0.39, 0.29) is 17.6 Å². The van der Waals surface area contributed by atoms with Crippen molar-refractivity contribution in [3.8, 4) is 11.1 Å². The molecule has 1 aliphatic carbocycles. The molecule has 1 saturated heterocycles. The molecule has 2 aromatic carbocycles. The van der Waals surface area contributed by atoms with Gasteiger partial charge in [-0.2, -0.15) is 0 Å². The van der Waals surface area contributed by atoms with E-state index in [0.29, 0.717) is 37.3 Å². The average Bonchev–Trinajstić information content (AvgIpc) is 3.20. The third-order valence-corrected chi connectivity index (χ3v) is 6.97. The van der Waals surface area contributed by atoms with E-state index in [0.717, 1.165) is 42.3 Å². The van der Waals surface area contributed by atoms with E-state index in [1.165, 1.54) is 6.20 Å². The number of hydrogen-bond donors (Lipinski definition) is 3. The average molecular weight is 515 g/mol. The summed E-state index contributed by atoms with van der Waals surface area (Å²) in [6.45, 7) is 3.24. The highest BCUT2D eigenvalue weighted by atomic mass is 19.1. The minimum Gasteiger partial charge on any atom is -0.387 e. The van der Waals surface area contributed by atoms with Crippen molar-refractivity contribution in [1.29, 1.82) is 0 Å². The van der Waals surface area contributed by atoms with Crippen molar-refractivity contribution in [1.82, 2.24) is 4.98 Å². The molecule has 37 heavy (non-hydrogen) atoms. The number of aromatic nitrogens is 1. The summed E-state index contributed by atoms with van der Waals surface area (Å²) >= 11 is 0. The molecule has 6 nitrogen and oxygen atoms in total. The number of halogens is 4. The molecule has 5 rings (SSSR count). The number of hydrogen-bond acceptors (Lipinski definition) is 5. The maximum atomic E-state index is 15.5. The lowest BCUT2D eigenvalue weighted by Crippen LogP contribution is -2.47. The molecule has 194 valence electrons. The van der Waals surface area contributed by atoms with Crippen molar-refractivity contribution >= 4 is 17.3 Å². The number of nitrogens with one attached hydrogen (secondary N) is 1. The molecule has 1 fully saturated rings. The molecule has 0 unspecified atom stereocenters. The van der Waals surface area contributed by atoms with Crippen LogP contribution in [0.25, 0.3) is 11.1 Å². The number of carbonyl (C=O) groups is 1. The fourth-order valence-electron chi connectivity index (χ4n) is 5.43. The van der Waals surface area contributed by atoms with E-state index in [4.69, 9.17) is 5.73 Å². The molecule has 1 aliphatic heterocycles. The van der Waals surface area contributed by atoms with Gasteiger partial charge in [-0.3, -0.25) is 9.78 Å². The maximum Gasteiger partial charge on any atom is 0.258 e. The normalized spacial score (nSPS) is 21.2. The molecule has 2 aliphatic rings. The van der Waals surface area contributed by atoms with Crippen LogP contribution in [0.5, 0.6) is 0 Å². The van der Waals surface area contributed by atoms with Crippen LogP contribution in [0.15, 0.2) is 36.5 Å². The summed E-state index contributed by atoms with van der Waals surface area (Å²) in [6, 6.07) is 4.45. The fraction of sp³-hybridized carbons (Fsp3) is 0.333. The number of rotatable bonds is 4. The van der Waals surface area contributed by atoms with E-state index in [2.05, 4.69) is 17.2 Å². The Morgan fingerprint density at radius 3 is 2.49 bits per heavy atom. The van der Waals surface area contributed by atoms with Gasteiger partial charge in [0.1, 0.15) is 23.3 Å². The van der Waals surface area contributed by atoms with E-state index in [9.17, 15) is 23.1 Å². The van der Waals surface area contributed by atoms with Gasteiger partial charge < -0.3 is 21.1 Å². The lowest BCUT2D eigenvalue weighted by molar-refractivity contribution is 0.102. The zero-order valence-corrected chi connectivity index (χ0v) is 20.1. The second-order valence-corrected chi connectivity index (χ2v) is 9.78. The van der Waals surface area contributed by atoms with Crippen molar-refractivity contribution < 1.29 is 27.5 Å². The fourth-order valence-corrected chi connectivity index (χ4v) is 5.43. The molecular weight excluding hydrogens is 488 g/mol. The Bertz CT molecular complexity index is 1350. The first-order valence-corrected chi connectivity index (χ1v) is 12.1. The number of benzene rings is 2. The number of pyridine rings is 1. The number of fused-ring (bicyclic) bond motifs is 1. The van der Waals surface area contributed by atoms with Gasteiger partial charge in [-0.15, -0.1) is 0 Å². The van der Waals surface area contributed by atoms with Gasteiger partial charge >= 0.3 is 0 Å². The van der Waals surface area contributed by atoms with Crippen LogP contribution in [0.2, 0.25) is 0 Å². The molecule has 0 radical (unpaired) electrons. The van der Waals surface area contributed by atoms with Gasteiger partial charge in [0.2, 0.25) is 0 Å². The lowest BCUT2D eigenvalue weighted by Gasteiger charge is -2.38. The van der Waals surface area contributed by atoms with Crippen molar-refractivity contribution in [2.75, 3.05) is 23.3 Å². The van der Waals surface area contributed by atoms with Gasteiger partial charge in [0.05, 0.1) is 46.1 Å². The molecule has 0 saturated carbocycles. The Kier molecular flexibility index (Phi) is 6.63. The van der Waals surface area contributed by atoms with Gasteiger partial charge in [0, 0.05) is 24.7 Å². The standard InChI is InChI=1S/C27H26F4N4O2/c1-13-9-14(32)12-35(11-13)26-16-6-8-21(36)25(16)33-10-20(26)34-27(37)15-5-7-19(30)23(24(15)31)22-17(28)3-2-4-18(22)29/h2-5,7,10,13-14,21,36H,6,8-9,11-12,32H2,1H3,(H,34,37)/t13-,14+,21-/m1/s1. The maximum absolute atomic E-state index is 15.5. The van der Waals surface area contributed by atoms with Crippen molar-refractivity contribution in [3.63, 3.8) is 0 Å². The SMILES string of the molecule is C[C@@H]1C[C@H](N)CN(c2c(NC(=O)c3ccc(F)c(-c4c(F)cccc4F)c3F)cnc3c2CC[C@H]3O)C1. The van der Waals surface area contributed by atoms with Crippen LogP contribution in [0.1, 0.15) is 47.5 Å². The highest BCUT2D eigenvalue weighted by Gasteiger charge is 2.33. The number of nitrogens with zero attached hydrogens (tertiary/aromatic N) is 2. The first-order chi connectivity index (χ1) is 17.7. The molecule has 10 heteroatoms. The number of aliphatic hydroxyl groups is 1. The number of piperidine rings is 1. The molecule has 0 spiro atoms. The number of amides is 1. The summed E-state index contributed by atoms with van der Waals surface area (Å²) in [6.07, 6.45) is 2.51. The number of anilines is 2. The van der Waals surface area contributed by atoms with Crippen LogP contribution < -0.4 is 16.0 Å². The first kappa shape index (κ1) is 25.2. The van der Waals surface area contributed by atoms with Crippen LogP contribution in [-0.4, -0.2) is 35.1 Å². The highest BCUT2D eigenvalue weighted by molar-refractivity contribution is 6.07. The largest absolute Gasteiger partial charge is 0.387 e. The number of carbonyl (C=O) groups excluding carboxylic acids is 1. The van der Waals surface area contributed by atoms with Crippen molar-refractivity contribution in [3.05, 3.63) is 76.6 Å². The molecular formula is C27H26F4N4O2. The second-order valence-electron chi connectivity index (χ2n) is 9.78. The third-order valence-electron chi connectivity index (χ3n) is 6.97. The molecule has 2 heterocycles. The zero-order valence-electron chi connectivity index (χ0n) is 20.1. The third kappa shape index (κ3) is 4.55. The van der Waals surface area contributed by atoms with E-state index in [1.54, 1.807) is 0 Å². The number of nitrogens with two attached hydrogens (primary N) is 1. The molecule has 0 bridgehead atoms. The zero-order chi connectivity index (χ0) is 26.4. The van der Waals surface area contributed by atoms with E-state index in [1.807, 2.05) is 4.90 Å². The summed E-state index contributed by atoms with van der Waals surface area (Å²) in [7, 11) is 0. The van der Waals surface area contributed by atoms with Crippen molar-refractivity contribution in [2.24, 2.45) is 11.7 Å². The minimum absolute atomic E-state index is 0.102. The van der Waals surface area contributed by atoms with Gasteiger partial charge in [-0.25, -0.2) is 17.6 Å². The van der Waals surface area contributed by atoms with Gasteiger partial charge in [0.15, 0.2) is 0 Å². The minimum atomic E-state index is -1.39. The van der Waals surface area contributed by atoms with E-state index >= 15 is 4.39 Å². The molecule has 1 amide bonds. The van der Waals surface area contributed by atoms with E-state index < -0.39 is 52.0 Å². The first-order valence-electron chi connectivity index (χ1n) is 12.1. The van der Waals surface area contributed by atoms with Crippen LogP contribution in [-0.2, 0) is 6.42 Å². The Balaban J connectivity index is 1.56. The molecule has 3 atom stereocenters. The Hall–Kier alpha value is -3.50.